The summed E-state index contributed by atoms with van der Waals surface area (Å²) in [7, 11) is 0. The van der Waals surface area contributed by atoms with E-state index in [4.69, 9.17) is 9.47 Å². The van der Waals surface area contributed by atoms with Crippen molar-refractivity contribution in [1.29, 1.82) is 0 Å². The largest absolute Gasteiger partial charge is 0.482 e. The number of aliphatic hydroxyl groups is 2. The Kier molecular flexibility index (Phi) is 9.16. The average Bonchev–Trinajstić information content (AvgIpc) is 3.76. The molecule has 0 radical (unpaired) electrons. The molecule has 0 spiro atoms. The summed E-state index contributed by atoms with van der Waals surface area (Å²) in [6.45, 7) is 2.01. The van der Waals surface area contributed by atoms with Crippen molar-refractivity contribution in [3.8, 4) is 11.5 Å². The van der Waals surface area contributed by atoms with E-state index in [2.05, 4.69) is 0 Å². The molecule has 2 N–H and O–H groups in total. The molecule has 4 aliphatic heterocycles. The first-order valence-electron chi connectivity index (χ1n) is 18.1. The van der Waals surface area contributed by atoms with Crippen LogP contribution in [0.25, 0.3) is 0 Å². The van der Waals surface area contributed by atoms with Crippen molar-refractivity contribution in [3.63, 3.8) is 0 Å². The van der Waals surface area contributed by atoms with Gasteiger partial charge in [-0.2, -0.15) is 0 Å². The quantitative estimate of drug-likeness (QED) is 0.227. The standard InChI is InChI=1S/C42H40N4O8/c1-27(9-6-17-38(48)43-20-8-12-31(43)24-47)42(52)32-22-30(46-35-14-3-5-16-37(35)54-26-40(46)50)18-19-33(32)44(41(42)51)23-28-10-7-11-29(21-28)45-34-13-2-4-15-36(34)53-25-39(45)49/h2-7,9-11,13-16,18-19,21-22,27,31,47,52H,8,12,17,20,23-26H2,1H3/b9-6+/t27-,31-,42+/m0/s1. The summed E-state index contributed by atoms with van der Waals surface area (Å²) in [5.74, 6) is -0.889. The molecule has 4 amide bonds. The van der Waals surface area contributed by atoms with E-state index >= 15 is 0 Å². The molecule has 4 aromatic rings. The predicted octanol–water partition coefficient (Wildman–Crippen LogP) is 5.10. The first-order valence-corrected chi connectivity index (χ1v) is 18.1. The molecule has 8 rings (SSSR count). The van der Waals surface area contributed by atoms with Crippen molar-refractivity contribution in [1.82, 2.24) is 4.90 Å². The van der Waals surface area contributed by atoms with E-state index in [1.165, 1.54) is 9.80 Å². The van der Waals surface area contributed by atoms with Crippen LogP contribution in [0, 0.1) is 5.92 Å². The zero-order chi connectivity index (χ0) is 37.6. The minimum absolute atomic E-state index is 0.0525. The second-order valence-corrected chi connectivity index (χ2v) is 14.0. The number of nitrogens with zero attached hydrogens (tertiary/aromatic N) is 4. The Balaban J connectivity index is 1.14. The Hall–Kier alpha value is -5.98. The number of hydrogen-bond donors (Lipinski definition) is 2. The number of likely N-dealkylation sites (tertiary alicyclic amines) is 1. The molecule has 4 aliphatic rings. The van der Waals surface area contributed by atoms with Crippen molar-refractivity contribution in [2.75, 3.05) is 41.1 Å². The molecule has 1 fully saturated rings. The summed E-state index contributed by atoms with van der Waals surface area (Å²) in [6, 6.07) is 26.8. The lowest BCUT2D eigenvalue weighted by Gasteiger charge is -2.31. The molecule has 12 nitrogen and oxygen atoms in total. The number of rotatable bonds is 9. The Morgan fingerprint density at radius 3 is 2.17 bits per heavy atom. The number of ether oxygens (including phenoxy) is 2. The summed E-state index contributed by atoms with van der Waals surface area (Å²) in [5, 5.41) is 22.3. The molecular weight excluding hydrogens is 688 g/mol. The van der Waals surface area contributed by atoms with Crippen molar-refractivity contribution in [2.45, 2.75) is 44.4 Å². The number of fused-ring (bicyclic) bond motifs is 3. The van der Waals surface area contributed by atoms with Crippen LogP contribution >= 0.6 is 0 Å². The number of aliphatic hydroxyl groups excluding tert-OH is 1. The minimum Gasteiger partial charge on any atom is -0.482 e. The molecule has 0 bridgehead atoms. The van der Waals surface area contributed by atoms with Crippen LogP contribution in [0.1, 0.15) is 37.3 Å². The Morgan fingerprint density at radius 2 is 1.50 bits per heavy atom. The van der Waals surface area contributed by atoms with Crippen LogP contribution in [-0.4, -0.2) is 71.1 Å². The predicted molar refractivity (Wildman–Crippen MR) is 201 cm³/mol. The zero-order valence-corrected chi connectivity index (χ0v) is 29.8. The van der Waals surface area contributed by atoms with Crippen LogP contribution in [-0.2, 0) is 31.3 Å². The molecule has 0 unspecified atom stereocenters. The second-order valence-electron chi connectivity index (χ2n) is 14.0. The third-order valence-corrected chi connectivity index (χ3v) is 10.7. The molecule has 4 heterocycles. The maximum Gasteiger partial charge on any atom is 0.269 e. The van der Waals surface area contributed by atoms with Crippen LogP contribution in [0.5, 0.6) is 11.5 Å². The van der Waals surface area contributed by atoms with Crippen LogP contribution < -0.4 is 24.2 Å². The van der Waals surface area contributed by atoms with Gasteiger partial charge in [-0.05, 0) is 73.0 Å². The Labute approximate surface area is 312 Å². The van der Waals surface area contributed by atoms with E-state index in [0.717, 1.165) is 12.8 Å². The van der Waals surface area contributed by atoms with Crippen molar-refractivity contribution in [3.05, 3.63) is 114 Å². The van der Waals surface area contributed by atoms with Crippen LogP contribution in [0.4, 0.5) is 28.4 Å². The number of benzene rings is 4. The highest BCUT2D eigenvalue weighted by atomic mass is 16.5. The van der Waals surface area contributed by atoms with Gasteiger partial charge in [0.05, 0.1) is 36.3 Å². The lowest BCUT2D eigenvalue weighted by atomic mass is 9.82. The Morgan fingerprint density at radius 1 is 0.852 bits per heavy atom. The fourth-order valence-electron chi connectivity index (χ4n) is 7.96. The highest BCUT2D eigenvalue weighted by molar-refractivity contribution is 6.09. The molecule has 0 saturated carbocycles. The van der Waals surface area contributed by atoms with Gasteiger partial charge >= 0.3 is 0 Å². The van der Waals surface area contributed by atoms with Gasteiger partial charge < -0.3 is 29.5 Å². The normalized spacial score (nSPS) is 21.2. The maximum absolute atomic E-state index is 14.6. The highest BCUT2D eigenvalue weighted by Crippen LogP contribution is 2.49. The maximum atomic E-state index is 14.6. The molecule has 3 atom stereocenters. The van der Waals surface area contributed by atoms with E-state index in [1.54, 1.807) is 71.3 Å². The third kappa shape index (κ3) is 5.97. The number of anilines is 5. The minimum atomic E-state index is -2.06. The molecule has 0 aromatic heterocycles. The van der Waals surface area contributed by atoms with Gasteiger partial charge in [0, 0.05) is 35.8 Å². The molecule has 54 heavy (non-hydrogen) atoms. The number of carbonyl (C=O) groups is 4. The monoisotopic (exact) mass is 728 g/mol. The summed E-state index contributed by atoms with van der Waals surface area (Å²) < 4.78 is 11.3. The van der Waals surface area contributed by atoms with E-state index in [-0.39, 0.29) is 56.5 Å². The molecule has 1 saturated heterocycles. The molecule has 12 heteroatoms. The van der Waals surface area contributed by atoms with Crippen molar-refractivity contribution < 1.29 is 38.9 Å². The Bertz CT molecular complexity index is 2190. The molecule has 276 valence electrons. The summed E-state index contributed by atoms with van der Waals surface area (Å²) in [6.07, 6.45) is 4.98. The molecule has 4 aromatic carbocycles. The SMILES string of the molecule is C[C@@H](/C=C/CC(=O)N1CCC[C@H]1CO)[C@]1(O)C(=O)N(Cc2cccc(N3C(=O)COc4ccccc43)c2)c2ccc(N3C(=O)COc4ccccc43)cc21. The van der Waals surface area contributed by atoms with Gasteiger partial charge in [0.25, 0.3) is 17.7 Å². The van der Waals surface area contributed by atoms with Gasteiger partial charge in [-0.15, -0.1) is 0 Å². The van der Waals surface area contributed by atoms with Crippen LogP contribution in [0.2, 0.25) is 0 Å². The number of carbonyl (C=O) groups excluding carboxylic acids is 4. The van der Waals surface area contributed by atoms with Gasteiger partial charge in [0.1, 0.15) is 11.5 Å². The van der Waals surface area contributed by atoms with Crippen molar-refractivity contribution >= 4 is 52.1 Å². The third-order valence-electron chi connectivity index (χ3n) is 10.7. The topological polar surface area (TPSA) is 140 Å². The second kappa shape index (κ2) is 14.1. The zero-order valence-electron chi connectivity index (χ0n) is 29.8. The molecule has 0 aliphatic carbocycles. The first kappa shape index (κ1) is 35.1. The lowest BCUT2D eigenvalue weighted by molar-refractivity contribution is -0.139. The molecular formula is C42H40N4O8. The summed E-state index contributed by atoms with van der Waals surface area (Å²) in [5.41, 5.74) is 1.68. The summed E-state index contributed by atoms with van der Waals surface area (Å²) >= 11 is 0. The average molecular weight is 729 g/mol. The van der Waals surface area contributed by atoms with Gasteiger partial charge in [-0.3, -0.25) is 29.0 Å². The van der Waals surface area contributed by atoms with Gasteiger partial charge in [0.15, 0.2) is 18.8 Å². The van der Waals surface area contributed by atoms with Gasteiger partial charge in [0.2, 0.25) is 5.91 Å². The number of para-hydroxylation sites is 4. The van der Waals surface area contributed by atoms with Gasteiger partial charge in [-0.25, -0.2) is 0 Å². The fourth-order valence-corrected chi connectivity index (χ4v) is 7.96. The smallest absolute Gasteiger partial charge is 0.269 e. The highest BCUT2D eigenvalue weighted by Gasteiger charge is 2.53. The van der Waals surface area contributed by atoms with E-state index in [0.29, 0.717) is 57.6 Å². The van der Waals surface area contributed by atoms with E-state index in [9.17, 15) is 29.4 Å². The van der Waals surface area contributed by atoms with Crippen LogP contribution in [0.15, 0.2) is 103 Å². The fraction of sp³-hybridized carbons (Fsp3) is 0.286. The van der Waals surface area contributed by atoms with Crippen molar-refractivity contribution in [2.24, 2.45) is 5.92 Å². The van der Waals surface area contributed by atoms with E-state index in [1.807, 2.05) is 48.5 Å². The number of amides is 4. The van der Waals surface area contributed by atoms with Crippen LogP contribution in [0.3, 0.4) is 0 Å². The lowest BCUT2D eigenvalue weighted by Crippen LogP contribution is -2.44. The first-order chi connectivity index (χ1) is 26.2. The van der Waals surface area contributed by atoms with E-state index < -0.39 is 17.4 Å². The summed E-state index contributed by atoms with van der Waals surface area (Å²) in [4.78, 5) is 60.4. The van der Waals surface area contributed by atoms with Gasteiger partial charge in [-0.1, -0.05) is 55.5 Å². The number of hydrogen-bond acceptors (Lipinski definition) is 8.